The van der Waals surface area contributed by atoms with Gasteiger partial charge >= 0.3 is 0 Å². The first-order chi connectivity index (χ1) is 10.4. The van der Waals surface area contributed by atoms with Crippen molar-refractivity contribution in [1.29, 1.82) is 0 Å². The summed E-state index contributed by atoms with van der Waals surface area (Å²) in [7, 11) is 0. The topological polar surface area (TPSA) is 40.7 Å². The van der Waals surface area contributed by atoms with E-state index in [-0.39, 0.29) is 0 Å². The molecule has 21 heavy (non-hydrogen) atoms. The number of rotatable bonds is 2. The van der Waals surface area contributed by atoms with Gasteiger partial charge in [0.05, 0.1) is 22.8 Å². The van der Waals surface area contributed by atoms with Gasteiger partial charge in [-0.05, 0) is 36.9 Å². The Balaban J connectivity index is 1.63. The molecule has 2 aromatic heterocycles. The summed E-state index contributed by atoms with van der Waals surface area (Å²) >= 11 is 1.82. The summed E-state index contributed by atoms with van der Waals surface area (Å²) in [5, 5.41) is 4.91. The second-order valence-corrected chi connectivity index (χ2v) is 6.77. The van der Waals surface area contributed by atoms with E-state index in [9.17, 15) is 0 Å². The number of fused-ring (bicyclic) bond motifs is 1. The van der Waals surface area contributed by atoms with E-state index in [0.29, 0.717) is 6.04 Å². The highest BCUT2D eigenvalue weighted by atomic mass is 32.1. The maximum Gasteiger partial charge on any atom is 0.123 e. The van der Waals surface area contributed by atoms with Gasteiger partial charge in [0.15, 0.2) is 0 Å². The number of hydrogen-bond donors (Lipinski definition) is 2. The Hall–Kier alpha value is -1.65. The maximum atomic E-state index is 4.62. The van der Waals surface area contributed by atoms with Gasteiger partial charge in [0, 0.05) is 4.70 Å². The summed E-state index contributed by atoms with van der Waals surface area (Å²) in [4.78, 5) is 9.41. The Morgan fingerprint density at radius 3 is 3.05 bits per heavy atom. The van der Waals surface area contributed by atoms with Gasteiger partial charge in [0.25, 0.3) is 0 Å². The minimum absolute atomic E-state index is 0.385. The van der Waals surface area contributed by atoms with Crippen LogP contribution in [0.1, 0.15) is 37.5 Å². The zero-order valence-corrected chi connectivity index (χ0v) is 12.7. The van der Waals surface area contributed by atoms with Gasteiger partial charge in [-0.25, -0.2) is 4.98 Å². The Bertz CT molecular complexity index is 702. The molecule has 0 radical (unpaired) electrons. The molecule has 2 N–H and O–H groups in total. The first kappa shape index (κ1) is 13.0. The molecule has 0 spiro atoms. The zero-order valence-electron chi connectivity index (χ0n) is 11.9. The van der Waals surface area contributed by atoms with Crippen molar-refractivity contribution in [3.63, 3.8) is 0 Å². The highest BCUT2D eigenvalue weighted by molar-refractivity contribution is 7.22. The van der Waals surface area contributed by atoms with Gasteiger partial charge in [-0.3, -0.25) is 0 Å². The van der Waals surface area contributed by atoms with E-state index in [2.05, 4.69) is 45.6 Å². The lowest BCUT2D eigenvalue weighted by Gasteiger charge is -2.12. The van der Waals surface area contributed by atoms with Crippen molar-refractivity contribution in [2.24, 2.45) is 0 Å². The Morgan fingerprint density at radius 2 is 2.10 bits per heavy atom. The number of nitrogens with zero attached hydrogens (tertiary/aromatic N) is 1. The van der Waals surface area contributed by atoms with E-state index in [1.165, 1.54) is 40.6 Å². The number of hydrogen-bond acceptors (Lipinski definition) is 3. The lowest BCUT2D eigenvalue weighted by molar-refractivity contribution is 0.512. The fourth-order valence-electron chi connectivity index (χ4n) is 3.02. The molecule has 1 aliphatic heterocycles. The number of aromatic nitrogens is 2. The molecule has 1 unspecified atom stereocenters. The lowest BCUT2D eigenvalue weighted by Crippen LogP contribution is -2.21. The van der Waals surface area contributed by atoms with Crippen LogP contribution in [0.15, 0.2) is 36.5 Å². The number of thiophene rings is 1. The van der Waals surface area contributed by atoms with Crippen LogP contribution in [0.2, 0.25) is 0 Å². The maximum absolute atomic E-state index is 4.62. The van der Waals surface area contributed by atoms with Gasteiger partial charge in [-0.1, -0.05) is 31.0 Å². The molecule has 1 aliphatic rings. The minimum Gasteiger partial charge on any atom is -0.340 e. The molecule has 3 heterocycles. The van der Waals surface area contributed by atoms with Crippen molar-refractivity contribution in [2.75, 3.05) is 6.54 Å². The summed E-state index contributed by atoms with van der Waals surface area (Å²) in [6.07, 6.45) is 7.05. The standard InChI is InChI=1S/C17H19N3S/c1-2-7-13(18-9-5-1)17-19-11-14(20-17)16-10-12-6-3-4-8-15(12)21-16/h3-4,6,8,10-11,13,18H,1-2,5,7,9H2,(H,19,20). The molecule has 3 aromatic rings. The summed E-state index contributed by atoms with van der Waals surface area (Å²) in [6.45, 7) is 1.10. The average Bonchev–Trinajstić information content (AvgIpc) is 3.07. The van der Waals surface area contributed by atoms with Crippen LogP contribution in [0, 0.1) is 0 Å². The molecule has 0 amide bonds. The molecule has 4 rings (SSSR count). The molecule has 4 heteroatoms. The Morgan fingerprint density at radius 1 is 1.14 bits per heavy atom. The van der Waals surface area contributed by atoms with Crippen LogP contribution in [0.5, 0.6) is 0 Å². The third kappa shape index (κ3) is 2.61. The van der Waals surface area contributed by atoms with E-state index in [1.807, 2.05) is 17.5 Å². The van der Waals surface area contributed by atoms with Crippen LogP contribution < -0.4 is 5.32 Å². The molecule has 1 atom stereocenters. The van der Waals surface area contributed by atoms with Crippen molar-refractivity contribution >= 4 is 21.4 Å². The zero-order chi connectivity index (χ0) is 14.1. The summed E-state index contributed by atoms with van der Waals surface area (Å²) in [5.41, 5.74) is 1.14. The second kappa shape index (κ2) is 5.62. The fourth-order valence-corrected chi connectivity index (χ4v) is 4.04. The lowest BCUT2D eigenvalue weighted by atomic mass is 10.1. The van der Waals surface area contributed by atoms with Crippen LogP contribution >= 0.6 is 11.3 Å². The third-order valence-corrected chi connectivity index (χ3v) is 5.33. The molecule has 0 saturated carbocycles. The smallest absolute Gasteiger partial charge is 0.123 e. The van der Waals surface area contributed by atoms with Gasteiger partial charge in [0.2, 0.25) is 0 Å². The molecule has 0 bridgehead atoms. The van der Waals surface area contributed by atoms with Crippen LogP contribution in [0.3, 0.4) is 0 Å². The van der Waals surface area contributed by atoms with E-state index >= 15 is 0 Å². The van der Waals surface area contributed by atoms with E-state index in [1.54, 1.807) is 0 Å². The summed E-state index contributed by atoms with van der Waals surface area (Å²) < 4.78 is 1.33. The van der Waals surface area contributed by atoms with Gasteiger partial charge in [-0.15, -0.1) is 11.3 Å². The first-order valence-electron chi connectivity index (χ1n) is 7.67. The highest BCUT2D eigenvalue weighted by Gasteiger charge is 2.17. The first-order valence-corrected chi connectivity index (χ1v) is 8.49. The van der Waals surface area contributed by atoms with Gasteiger partial charge < -0.3 is 10.3 Å². The molecule has 1 aromatic carbocycles. The number of aromatic amines is 1. The van der Waals surface area contributed by atoms with Crippen molar-refractivity contribution < 1.29 is 0 Å². The molecule has 108 valence electrons. The predicted octanol–water partition coefficient (Wildman–Crippen LogP) is 4.50. The molecule has 1 fully saturated rings. The van der Waals surface area contributed by atoms with E-state index < -0.39 is 0 Å². The van der Waals surface area contributed by atoms with Gasteiger partial charge in [0.1, 0.15) is 5.82 Å². The van der Waals surface area contributed by atoms with Crippen molar-refractivity contribution in [3.05, 3.63) is 42.4 Å². The molecule has 3 nitrogen and oxygen atoms in total. The Labute approximate surface area is 128 Å². The van der Waals surface area contributed by atoms with Crippen LogP contribution in [0.25, 0.3) is 20.7 Å². The van der Waals surface area contributed by atoms with E-state index in [0.717, 1.165) is 18.1 Å². The SMILES string of the molecule is c1ccc2sc(-c3cnc(C4CCCCCN4)[nH]3)cc2c1. The summed E-state index contributed by atoms with van der Waals surface area (Å²) in [5.74, 6) is 1.09. The van der Waals surface area contributed by atoms with Crippen molar-refractivity contribution in [3.8, 4) is 10.6 Å². The largest absolute Gasteiger partial charge is 0.340 e. The molecule has 0 aliphatic carbocycles. The Kier molecular flexibility index (Phi) is 3.49. The average molecular weight is 297 g/mol. The van der Waals surface area contributed by atoms with E-state index in [4.69, 9.17) is 0 Å². The molecule has 1 saturated heterocycles. The molecular formula is C17H19N3S. The monoisotopic (exact) mass is 297 g/mol. The minimum atomic E-state index is 0.385. The van der Waals surface area contributed by atoms with Crippen molar-refractivity contribution in [1.82, 2.24) is 15.3 Å². The normalized spacial score (nSPS) is 19.7. The number of benzene rings is 1. The quantitative estimate of drug-likeness (QED) is 0.731. The van der Waals surface area contributed by atoms with Crippen molar-refractivity contribution in [2.45, 2.75) is 31.7 Å². The second-order valence-electron chi connectivity index (χ2n) is 5.69. The number of imidazole rings is 1. The predicted molar refractivity (Wildman–Crippen MR) is 88.6 cm³/mol. The third-order valence-electron chi connectivity index (χ3n) is 4.18. The summed E-state index contributed by atoms with van der Waals surface area (Å²) in [6, 6.07) is 11.2. The number of H-pyrrole nitrogens is 1. The fraction of sp³-hybridized carbons (Fsp3) is 0.353. The van der Waals surface area contributed by atoms with Crippen LogP contribution in [0.4, 0.5) is 0 Å². The van der Waals surface area contributed by atoms with Gasteiger partial charge in [-0.2, -0.15) is 0 Å². The van der Waals surface area contributed by atoms with Crippen LogP contribution in [-0.4, -0.2) is 16.5 Å². The number of nitrogens with one attached hydrogen (secondary N) is 2. The molecular weight excluding hydrogens is 278 g/mol. The van der Waals surface area contributed by atoms with Crippen LogP contribution in [-0.2, 0) is 0 Å². The highest BCUT2D eigenvalue weighted by Crippen LogP contribution is 2.33.